The highest BCUT2D eigenvalue weighted by atomic mass is 16.5. The molecule has 39 heavy (non-hydrogen) atoms. The van der Waals surface area contributed by atoms with Crippen molar-refractivity contribution < 1.29 is 9.53 Å². The number of nitrogens with one attached hydrogen (secondary N) is 1. The average Bonchev–Trinajstić information content (AvgIpc) is 2.95. The third kappa shape index (κ3) is 7.33. The Morgan fingerprint density at radius 3 is 2.31 bits per heavy atom. The van der Waals surface area contributed by atoms with E-state index in [1.807, 2.05) is 24.3 Å². The standard InChI is InChI=1S/C34H39N3O2/c1-25(38)28-13-17-34(18-14-28)39-33-15-10-26(11-16-33)23-37-24-31(36-22-32(37)8-4-5-19-35)21-27-9-12-29-6-2-3-7-30(29)20-27/h2-3,6-7,9-18,20,31-32,36H,4-5,8,19,21-24,35H2,1H3/t31-,32-/m0/s1. The highest BCUT2D eigenvalue weighted by Gasteiger charge is 2.27. The molecule has 5 rings (SSSR count). The van der Waals surface area contributed by atoms with E-state index in [4.69, 9.17) is 10.5 Å². The third-order valence-electron chi connectivity index (χ3n) is 7.71. The van der Waals surface area contributed by atoms with E-state index in [2.05, 4.69) is 64.8 Å². The van der Waals surface area contributed by atoms with Crippen molar-refractivity contribution in [3.8, 4) is 11.5 Å². The van der Waals surface area contributed by atoms with E-state index < -0.39 is 0 Å². The molecule has 5 nitrogen and oxygen atoms in total. The van der Waals surface area contributed by atoms with E-state index in [1.165, 1.54) is 21.9 Å². The molecule has 3 N–H and O–H groups in total. The highest BCUT2D eigenvalue weighted by Crippen LogP contribution is 2.25. The van der Waals surface area contributed by atoms with Crippen molar-refractivity contribution in [2.45, 2.75) is 51.2 Å². The van der Waals surface area contributed by atoms with E-state index in [0.29, 0.717) is 17.6 Å². The van der Waals surface area contributed by atoms with Crippen LogP contribution in [0, 0.1) is 0 Å². The lowest BCUT2D eigenvalue weighted by atomic mass is 9.97. The van der Waals surface area contributed by atoms with Crippen LogP contribution in [0.1, 0.15) is 47.7 Å². The fourth-order valence-electron chi connectivity index (χ4n) is 5.51. The molecular weight excluding hydrogens is 482 g/mol. The molecule has 0 aromatic heterocycles. The maximum atomic E-state index is 11.5. The van der Waals surface area contributed by atoms with Crippen molar-refractivity contribution in [3.05, 3.63) is 108 Å². The number of ether oxygens (including phenoxy) is 1. The number of nitrogens with two attached hydrogens (primary N) is 1. The first-order chi connectivity index (χ1) is 19.1. The number of nitrogens with zero attached hydrogens (tertiary/aromatic N) is 1. The van der Waals surface area contributed by atoms with Gasteiger partial charge in [-0.3, -0.25) is 9.69 Å². The molecule has 5 heteroatoms. The van der Waals surface area contributed by atoms with Gasteiger partial charge in [-0.15, -0.1) is 0 Å². The number of rotatable bonds is 11. The van der Waals surface area contributed by atoms with E-state index in [-0.39, 0.29) is 5.78 Å². The number of piperazine rings is 1. The molecule has 1 aliphatic heterocycles. The minimum atomic E-state index is 0.0552. The molecule has 1 saturated heterocycles. The second-order valence-corrected chi connectivity index (χ2v) is 10.7. The van der Waals surface area contributed by atoms with Crippen LogP contribution in [0.3, 0.4) is 0 Å². The molecule has 1 fully saturated rings. The van der Waals surface area contributed by atoms with E-state index in [1.54, 1.807) is 19.1 Å². The summed E-state index contributed by atoms with van der Waals surface area (Å²) in [5.74, 6) is 1.58. The zero-order chi connectivity index (χ0) is 27.0. The Kier molecular flexibility index (Phi) is 9.04. The van der Waals surface area contributed by atoms with Gasteiger partial charge in [-0.1, -0.05) is 61.0 Å². The van der Waals surface area contributed by atoms with Gasteiger partial charge in [0.25, 0.3) is 0 Å². The molecule has 1 aliphatic rings. The molecule has 2 atom stereocenters. The summed E-state index contributed by atoms with van der Waals surface area (Å²) in [4.78, 5) is 14.2. The summed E-state index contributed by atoms with van der Waals surface area (Å²) in [5, 5.41) is 6.44. The summed E-state index contributed by atoms with van der Waals surface area (Å²) < 4.78 is 6.01. The van der Waals surface area contributed by atoms with Gasteiger partial charge in [0.05, 0.1) is 0 Å². The lowest BCUT2D eigenvalue weighted by Crippen LogP contribution is -2.56. The van der Waals surface area contributed by atoms with Crippen LogP contribution in [0.25, 0.3) is 10.8 Å². The van der Waals surface area contributed by atoms with Crippen molar-refractivity contribution in [2.75, 3.05) is 19.6 Å². The van der Waals surface area contributed by atoms with Gasteiger partial charge in [-0.05, 0) is 91.0 Å². The zero-order valence-corrected chi connectivity index (χ0v) is 22.8. The molecule has 0 amide bonds. The van der Waals surface area contributed by atoms with Gasteiger partial charge in [0.1, 0.15) is 11.5 Å². The molecule has 0 spiro atoms. The average molecular weight is 522 g/mol. The molecule has 0 aliphatic carbocycles. The zero-order valence-electron chi connectivity index (χ0n) is 22.8. The number of hydrogen-bond acceptors (Lipinski definition) is 5. The van der Waals surface area contributed by atoms with Gasteiger partial charge >= 0.3 is 0 Å². The fourth-order valence-corrected chi connectivity index (χ4v) is 5.51. The summed E-state index contributed by atoms with van der Waals surface area (Å²) in [5.41, 5.74) is 9.13. The summed E-state index contributed by atoms with van der Waals surface area (Å²) in [6.45, 7) is 5.25. The Labute approximate surface area is 232 Å². The van der Waals surface area contributed by atoms with Crippen LogP contribution < -0.4 is 15.8 Å². The van der Waals surface area contributed by atoms with Crippen molar-refractivity contribution >= 4 is 16.6 Å². The van der Waals surface area contributed by atoms with Crippen LogP contribution in [0.5, 0.6) is 11.5 Å². The minimum Gasteiger partial charge on any atom is -0.457 e. The van der Waals surface area contributed by atoms with Crippen LogP contribution in [-0.4, -0.2) is 42.4 Å². The molecule has 0 radical (unpaired) electrons. The lowest BCUT2D eigenvalue weighted by molar-refractivity contribution is 0.101. The third-order valence-corrected chi connectivity index (χ3v) is 7.71. The van der Waals surface area contributed by atoms with Gasteiger partial charge in [0.2, 0.25) is 0 Å². The van der Waals surface area contributed by atoms with E-state index >= 15 is 0 Å². The van der Waals surface area contributed by atoms with Crippen LogP contribution >= 0.6 is 0 Å². The second-order valence-electron chi connectivity index (χ2n) is 10.7. The molecular formula is C34H39N3O2. The second kappa shape index (κ2) is 13.0. The predicted octanol–water partition coefficient (Wildman–Crippen LogP) is 6.35. The van der Waals surface area contributed by atoms with Gasteiger partial charge in [0, 0.05) is 37.3 Å². The maximum Gasteiger partial charge on any atom is 0.159 e. The Morgan fingerprint density at radius 1 is 0.897 bits per heavy atom. The van der Waals surface area contributed by atoms with Crippen LogP contribution in [0.4, 0.5) is 0 Å². The van der Waals surface area contributed by atoms with Gasteiger partial charge < -0.3 is 15.8 Å². The highest BCUT2D eigenvalue weighted by molar-refractivity contribution is 5.94. The first-order valence-corrected chi connectivity index (χ1v) is 14.1. The molecule has 0 unspecified atom stereocenters. The smallest absolute Gasteiger partial charge is 0.159 e. The van der Waals surface area contributed by atoms with Crippen molar-refractivity contribution in [1.29, 1.82) is 0 Å². The summed E-state index contributed by atoms with van der Waals surface area (Å²) in [6.07, 6.45) is 4.41. The van der Waals surface area contributed by atoms with Crippen LogP contribution in [-0.2, 0) is 13.0 Å². The number of hydrogen-bond donors (Lipinski definition) is 2. The molecule has 202 valence electrons. The number of Topliss-reactive ketones (excluding diaryl/α,β-unsaturated/α-hetero) is 1. The molecule has 1 heterocycles. The molecule has 0 bridgehead atoms. The number of unbranched alkanes of at least 4 members (excludes halogenated alkanes) is 1. The number of fused-ring (bicyclic) bond motifs is 1. The first kappa shape index (κ1) is 27.1. The summed E-state index contributed by atoms with van der Waals surface area (Å²) in [7, 11) is 0. The first-order valence-electron chi connectivity index (χ1n) is 14.1. The van der Waals surface area contributed by atoms with E-state index in [9.17, 15) is 4.79 Å². The number of benzene rings is 4. The predicted molar refractivity (Wildman–Crippen MR) is 160 cm³/mol. The van der Waals surface area contributed by atoms with Crippen molar-refractivity contribution in [1.82, 2.24) is 10.2 Å². The largest absolute Gasteiger partial charge is 0.457 e. The number of ketones is 1. The normalized spacial score (nSPS) is 17.8. The number of carbonyl (C=O) groups is 1. The summed E-state index contributed by atoms with van der Waals surface area (Å²) in [6, 6.07) is 32.0. The minimum absolute atomic E-state index is 0.0552. The Morgan fingerprint density at radius 2 is 1.59 bits per heavy atom. The topological polar surface area (TPSA) is 67.6 Å². The fraction of sp³-hybridized carbons (Fsp3) is 0.324. The molecule has 4 aromatic carbocycles. The van der Waals surface area contributed by atoms with Gasteiger partial charge in [-0.2, -0.15) is 0 Å². The number of carbonyl (C=O) groups excluding carboxylic acids is 1. The van der Waals surface area contributed by atoms with Crippen molar-refractivity contribution in [3.63, 3.8) is 0 Å². The Bertz CT molecular complexity index is 1370. The van der Waals surface area contributed by atoms with Crippen LogP contribution in [0.15, 0.2) is 91.0 Å². The Balaban J connectivity index is 1.23. The molecule has 4 aromatic rings. The molecule has 0 saturated carbocycles. The lowest BCUT2D eigenvalue weighted by Gasteiger charge is -2.41. The van der Waals surface area contributed by atoms with Crippen molar-refractivity contribution in [2.24, 2.45) is 5.73 Å². The SMILES string of the molecule is CC(=O)c1ccc(Oc2ccc(CN3C[C@H](Cc4ccc5ccccc5c4)NC[C@@H]3CCCCN)cc2)cc1. The maximum absolute atomic E-state index is 11.5. The van der Waals surface area contributed by atoms with E-state index in [0.717, 1.165) is 63.4 Å². The quantitative estimate of drug-likeness (QED) is 0.178. The van der Waals surface area contributed by atoms with Gasteiger partial charge in [0.15, 0.2) is 5.78 Å². The van der Waals surface area contributed by atoms with Gasteiger partial charge in [-0.25, -0.2) is 0 Å². The Hall–Kier alpha value is -3.51. The van der Waals surface area contributed by atoms with Crippen LogP contribution in [0.2, 0.25) is 0 Å². The summed E-state index contributed by atoms with van der Waals surface area (Å²) >= 11 is 0. The monoisotopic (exact) mass is 521 g/mol.